The summed E-state index contributed by atoms with van der Waals surface area (Å²) in [5.41, 5.74) is 3.04. The summed E-state index contributed by atoms with van der Waals surface area (Å²) in [6, 6.07) is 10.5. The van der Waals surface area contributed by atoms with E-state index in [0.29, 0.717) is 59.1 Å². The number of aromatic amines is 1. The molecule has 1 atom stereocenters. The number of halogens is 1. The fraction of sp³-hybridized carbons (Fsp3) is 0.323. The molecule has 0 bridgehead atoms. The Kier molecular flexibility index (Phi) is 9.38. The molecule has 9 nitrogen and oxygen atoms in total. The van der Waals surface area contributed by atoms with Crippen molar-refractivity contribution < 1.29 is 13.9 Å². The van der Waals surface area contributed by atoms with Crippen LogP contribution in [0, 0.1) is 6.92 Å². The first-order valence-electron chi connectivity index (χ1n) is 14.0. The summed E-state index contributed by atoms with van der Waals surface area (Å²) >= 11 is 5.92. The maximum Gasteiger partial charge on any atom is 0.338 e. The van der Waals surface area contributed by atoms with Gasteiger partial charge in [0, 0.05) is 17.8 Å². The van der Waals surface area contributed by atoms with Crippen molar-refractivity contribution in [2.45, 2.75) is 69.7 Å². The van der Waals surface area contributed by atoms with Crippen LogP contribution in [0.4, 0.5) is 0 Å². The van der Waals surface area contributed by atoms with Crippen molar-refractivity contribution in [3.8, 4) is 0 Å². The number of rotatable bonds is 9. The van der Waals surface area contributed by atoms with Crippen molar-refractivity contribution in [1.29, 1.82) is 0 Å². The van der Waals surface area contributed by atoms with E-state index >= 15 is 0 Å². The zero-order valence-corrected chi connectivity index (χ0v) is 27.6. The fourth-order valence-electron chi connectivity index (χ4n) is 4.83. The number of carbonyl (C=O) groups is 1. The minimum atomic E-state index is -0.682. The highest BCUT2D eigenvalue weighted by atomic mass is 79.9. The van der Waals surface area contributed by atoms with Crippen LogP contribution in [0.3, 0.4) is 0 Å². The standard InChI is InChI=1S/C31H31BrN4O5S2/c1-6-8-22-25(28(39)40-7-2)26(19-11-9-18(10-12-19)16(3)4)36-27(38)23(42-31(36)34-22)15-20-14-21(32)29(41-20)43-30-33-17(5)13-24(37)35-30/h9-16,26H,6-8H2,1-5H3,(H,33,35,37)/b23-15+/t26-/m1/s1. The molecule has 0 fully saturated rings. The molecule has 43 heavy (non-hydrogen) atoms. The third-order valence-corrected chi connectivity index (χ3v) is 9.51. The molecule has 1 aromatic carbocycles. The van der Waals surface area contributed by atoms with E-state index in [1.807, 2.05) is 31.2 Å². The Bertz CT molecular complexity index is 1950. The van der Waals surface area contributed by atoms with Gasteiger partial charge in [-0.05, 0) is 71.1 Å². The predicted octanol–water partition coefficient (Wildman–Crippen LogP) is 5.60. The van der Waals surface area contributed by atoms with Crippen LogP contribution < -0.4 is 20.5 Å². The number of benzene rings is 1. The molecule has 4 heterocycles. The summed E-state index contributed by atoms with van der Waals surface area (Å²) in [5, 5.41) is 0.870. The SMILES string of the molecule is CCCC1=C(C(=O)OCC)[C@@H](c2ccc(C(C)C)cc2)n2c(s/c(=C/c3cc(Br)c(Sc4nc(C)cc(=O)[nH]4)o3)c2=O)=N1. The molecule has 1 N–H and O–H groups in total. The number of hydrogen-bond acceptors (Lipinski definition) is 9. The lowest BCUT2D eigenvalue weighted by atomic mass is 9.92. The van der Waals surface area contributed by atoms with Crippen LogP contribution in [0.15, 0.2) is 81.4 Å². The molecule has 1 aliphatic heterocycles. The Morgan fingerprint density at radius 2 is 1.98 bits per heavy atom. The van der Waals surface area contributed by atoms with E-state index in [4.69, 9.17) is 14.1 Å². The molecule has 0 saturated heterocycles. The van der Waals surface area contributed by atoms with Crippen molar-refractivity contribution in [2.75, 3.05) is 6.61 Å². The molecule has 0 saturated carbocycles. The van der Waals surface area contributed by atoms with Crippen LogP contribution in [-0.2, 0) is 9.53 Å². The second-order valence-corrected chi connectivity index (χ2v) is 13.1. The average molecular weight is 684 g/mol. The van der Waals surface area contributed by atoms with Crippen molar-refractivity contribution in [3.63, 3.8) is 0 Å². The first kappa shape index (κ1) is 31.0. The third-order valence-electron chi connectivity index (χ3n) is 6.80. The number of ether oxygens (including phenoxy) is 1. The van der Waals surface area contributed by atoms with Gasteiger partial charge in [-0.2, -0.15) is 0 Å². The Balaban J connectivity index is 1.63. The Morgan fingerprint density at radius 3 is 2.63 bits per heavy atom. The fourth-order valence-corrected chi connectivity index (χ4v) is 7.19. The summed E-state index contributed by atoms with van der Waals surface area (Å²) < 4.78 is 14.2. The molecule has 3 aromatic heterocycles. The highest BCUT2D eigenvalue weighted by Gasteiger charge is 2.34. The van der Waals surface area contributed by atoms with Crippen molar-refractivity contribution in [3.05, 3.63) is 105 Å². The molecule has 5 rings (SSSR count). The van der Waals surface area contributed by atoms with Crippen LogP contribution in [0.5, 0.6) is 0 Å². The number of allylic oxidation sites excluding steroid dienone is 1. The Hall–Kier alpha value is -3.48. The first-order chi connectivity index (χ1) is 20.6. The number of esters is 1. The summed E-state index contributed by atoms with van der Waals surface area (Å²) in [6.07, 6.45) is 3.01. The quantitative estimate of drug-likeness (QED) is 0.180. The molecule has 0 amide bonds. The summed E-state index contributed by atoms with van der Waals surface area (Å²) in [6.45, 7) is 9.99. The van der Waals surface area contributed by atoms with Gasteiger partial charge in [0.1, 0.15) is 5.76 Å². The largest absolute Gasteiger partial charge is 0.463 e. The zero-order chi connectivity index (χ0) is 30.8. The van der Waals surface area contributed by atoms with Crippen LogP contribution >= 0.6 is 39.0 Å². The minimum Gasteiger partial charge on any atom is -0.463 e. The zero-order valence-electron chi connectivity index (χ0n) is 24.4. The van der Waals surface area contributed by atoms with E-state index in [2.05, 4.69) is 39.7 Å². The molecule has 0 spiro atoms. The average Bonchev–Trinajstić information content (AvgIpc) is 3.45. The molecule has 1 aliphatic rings. The van der Waals surface area contributed by atoms with Crippen LogP contribution in [0.2, 0.25) is 0 Å². The van der Waals surface area contributed by atoms with Gasteiger partial charge in [-0.15, -0.1) is 0 Å². The van der Waals surface area contributed by atoms with Gasteiger partial charge in [0.2, 0.25) is 0 Å². The van der Waals surface area contributed by atoms with Gasteiger partial charge in [-0.25, -0.2) is 14.8 Å². The van der Waals surface area contributed by atoms with Crippen LogP contribution in [0.25, 0.3) is 6.08 Å². The summed E-state index contributed by atoms with van der Waals surface area (Å²) in [4.78, 5) is 51.6. The van der Waals surface area contributed by atoms with Gasteiger partial charge in [0.15, 0.2) is 15.1 Å². The number of furan rings is 1. The number of thiazole rings is 1. The summed E-state index contributed by atoms with van der Waals surface area (Å²) in [7, 11) is 0. The molecule has 224 valence electrons. The van der Waals surface area contributed by atoms with Crippen LogP contribution in [0.1, 0.15) is 75.1 Å². The first-order valence-corrected chi connectivity index (χ1v) is 16.4. The second kappa shape index (κ2) is 13.0. The highest BCUT2D eigenvalue weighted by Crippen LogP contribution is 2.35. The third kappa shape index (κ3) is 6.56. The van der Waals surface area contributed by atoms with Crippen molar-refractivity contribution >= 4 is 51.1 Å². The summed E-state index contributed by atoms with van der Waals surface area (Å²) in [5.74, 6) is 0.302. The maximum atomic E-state index is 14.0. The lowest BCUT2D eigenvalue weighted by molar-refractivity contribution is -0.139. The molecule has 0 aliphatic carbocycles. The number of fused-ring (bicyclic) bond motifs is 1. The van der Waals surface area contributed by atoms with E-state index in [1.54, 1.807) is 30.6 Å². The molecule has 12 heteroatoms. The van der Waals surface area contributed by atoms with Crippen molar-refractivity contribution in [2.24, 2.45) is 4.99 Å². The van der Waals surface area contributed by atoms with Gasteiger partial charge in [0.05, 0.1) is 32.9 Å². The van der Waals surface area contributed by atoms with E-state index in [-0.39, 0.29) is 17.7 Å². The molecule has 4 aromatic rings. The topological polar surface area (TPSA) is 120 Å². The van der Waals surface area contributed by atoms with Gasteiger partial charge >= 0.3 is 5.97 Å². The number of nitrogens with one attached hydrogen (secondary N) is 1. The van der Waals surface area contributed by atoms with Gasteiger partial charge < -0.3 is 14.1 Å². The molecule has 0 radical (unpaired) electrons. The number of aryl methyl sites for hydroxylation is 1. The number of carbonyl (C=O) groups excluding carboxylic acids is 1. The predicted molar refractivity (Wildman–Crippen MR) is 170 cm³/mol. The monoisotopic (exact) mass is 682 g/mol. The molecule has 0 unspecified atom stereocenters. The van der Waals surface area contributed by atoms with E-state index in [1.165, 1.54) is 17.4 Å². The maximum absolute atomic E-state index is 14.0. The van der Waals surface area contributed by atoms with Crippen molar-refractivity contribution in [1.82, 2.24) is 14.5 Å². The van der Waals surface area contributed by atoms with E-state index < -0.39 is 12.0 Å². The number of aromatic nitrogens is 3. The number of H-pyrrole nitrogens is 1. The second-order valence-electron chi connectivity index (χ2n) is 10.3. The lowest BCUT2D eigenvalue weighted by Gasteiger charge is -2.26. The highest BCUT2D eigenvalue weighted by molar-refractivity contribution is 9.10. The van der Waals surface area contributed by atoms with Gasteiger partial charge in [-0.1, -0.05) is 62.8 Å². The smallest absolute Gasteiger partial charge is 0.338 e. The Morgan fingerprint density at radius 1 is 1.23 bits per heavy atom. The molecular formula is C31H31BrN4O5S2. The normalized spacial score (nSPS) is 15.1. The van der Waals surface area contributed by atoms with Gasteiger partial charge in [0.25, 0.3) is 11.1 Å². The Labute approximate surface area is 264 Å². The van der Waals surface area contributed by atoms with E-state index in [9.17, 15) is 14.4 Å². The molecular weight excluding hydrogens is 652 g/mol. The lowest BCUT2D eigenvalue weighted by Crippen LogP contribution is -2.40. The van der Waals surface area contributed by atoms with Gasteiger partial charge in [-0.3, -0.25) is 14.2 Å². The van der Waals surface area contributed by atoms with Crippen LogP contribution in [-0.4, -0.2) is 27.1 Å². The minimum absolute atomic E-state index is 0.213. The number of nitrogens with zero attached hydrogens (tertiary/aromatic N) is 3. The van der Waals surface area contributed by atoms with E-state index in [0.717, 1.165) is 29.3 Å². The number of hydrogen-bond donors (Lipinski definition) is 1.